The van der Waals surface area contributed by atoms with Gasteiger partial charge in [-0.15, -0.1) is 0 Å². The van der Waals surface area contributed by atoms with Gasteiger partial charge in [-0.2, -0.15) is 4.31 Å². The maximum atomic E-state index is 12.7. The van der Waals surface area contributed by atoms with Crippen LogP contribution in [0.2, 0.25) is 0 Å². The monoisotopic (exact) mass is 367 g/mol. The van der Waals surface area contributed by atoms with Crippen molar-refractivity contribution in [2.45, 2.75) is 24.7 Å². The Morgan fingerprint density at radius 1 is 0.923 bits per heavy atom. The Labute approximate surface area is 156 Å². The lowest BCUT2D eigenvalue weighted by molar-refractivity contribution is 0.306. The van der Waals surface area contributed by atoms with Gasteiger partial charge in [0.1, 0.15) is 0 Å². The zero-order chi connectivity index (χ0) is 18.4. The molecule has 1 aliphatic heterocycles. The van der Waals surface area contributed by atoms with Crippen molar-refractivity contribution in [3.05, 3.63) is 84.0 Å². The first-order valence-corrected chi connectivity index (χ1v) is 10.5. The second-order valence-electron chi connectivity index (χ2n) is 6.71. The lowest BCUT2D eigenvalue weighted by Crippen LogP contribution is -2.38. The molecule has 0 saturated carbocycles. The number of hydrogen-bond donors (Lipinski definition) is 0. The molecular formula is C22H25NO2S. The number of rotatable bonds is 5. The molecule has 2 aromatic carbocycles. The summed E-state index contributed by atoms with van der Waals surface area (Å²) in [6.45, 7) is 3.11. The highest BCUT2D eigenvalue weighted by molar-refractivity contribution is 7.89. The number of benzene rings is 2. The topological polar surface area (TPSA) is 37.4 Å². The molecule has 1 saturated heterocycles. The van der Waals surface area contributed by atoms with E-state index in [1.165, 1.54) is 5.56 Å². The summed E-state index contributed by atoms with van der Waals surface area (Å²) in [6, 6.07) is 17.3. The van der Waals surface area contributed by atoms with E-state index in [1.54, 1.807) is 16.4 Å². The molecule has 1 aliphatic rings. The predicted octanol–water partition coefficient (Wildman–Crippen LogP) is 4.67. The third-order valence-corrected chi connectivity index (χ3v) is 6.65. The molecule has 1 fully saturated rings. The third kappa shape index (κ3) is 4.71. The predicted molar refractivity (Wildman–Crippen MR) is 107 cm³/mol. The Morgan fingerprint density at radius 3 is 2.23 bits per heavy atom. The van der Waals surface area contributed by atoms with Gasteiger partial charge >= 0.3 is 0 Å². The smallest absolute Gasteiger partial charge is 0.207 e. The van der Waals surface area contributed by atoms with E-state index < -0.39 is 10.0 Å². The zero-order valence-electron chi connectivity index (χ0n) is 15.1. The fourth-order valence-electron chi connectivity index (χ4n) is 3.12. The molecule has 0 N–H and O–H groups in total. The van der Waals surface area contributed by atoms with Crippen molar-refractivity contribution >= 4 is 16.1 Å². The fourth-order valence-corrected chi connectivity index (χ4v) is 4.59. The lowest BCUT2D eigenvalue weighted by Gasteiger charge is -2.29. The Hall–Kier alpha value is -2.17. The fraction of sp³-hybridized carbons (Fsp3) is 0.273. The maximum absolute atomic E-state index is 12.7. The van der Waals surface area contributed by atoms with Crippen molar-refractivity contribution in [3.63, 3.8) is 0 Å². The molecule has 2 aromatic rings. The van der Waals surface area contributed by atoms with Crippen molar-refractivity contribution in [3.8, 4) is 0 Å². The first kappa shape index (κ1) is 18.6. The van der Waals surface area contributed by atoms with Crippen LogP contribution in [-0.2, 0) is 10.0 Å². The first-order valence-electron chi connectivity index (χ1n) is 9.02. The van der Waals surface area contributed by atoms with Gasteiger partial charge in [0, 0.05) is 13.1 Å². The number of hydrogen-bond acceptors (Lipinski definition) is 2. The summed E-state index contributed by atoms with van der Waals surface area (Å²) in [7, 11) is -3.37. The van der Waals surface area contributed by atoms with E-state index in [0.29, 0.717) is 23.9 Å². The van der Waals surface area contributed by atoms with Gasteiger partial charge in [-0.1, -0.05) is 72.3 Å². The quantitative estimate of drug-likeness (QED) is 0.721. The highest BCUT2D eigenvalue weighted by atomic mass is 32.2. The molecule has 0 atom stereocenters. The van der Waals surface area contributed by atoms with Crippen molar-refractivity contribution in [2.75, 3.05) is 13.1 Å². The van der Waals surface area contributed by atoms with E-state index >= 15 is 0 Å². The van der Waals surface area contributed by atoms with Gasteiger partial charge in [0.05, 0.1) is 4.90 Å². The van der Waals surface area contributed by atoms with Gasteiger partial charge in [0.2, 0.25) is 10.0 Å². The van der Waals surface area contributed by atoms with Crippen LogP contribution in [0.5, 0.6) is 0 Å². The Bertz CT molecular complexity index is 860. The van der Waals surface area contributed by atoms with E-state index in [0.717, 1.165) is 18.4 Å². The maximum Gasteiger partial charge on any atom is 0.243 e. The molecule has 3 rings (SSSR count). The van der Waals surface area contributed by atoms with Crippen LogP contribution in [-0.4, -0.2) is 25.8 Å². The number of sulfonamides is 1. The minimum atomic E-state index is -3.37. The van der Waals surface area contributed by atoms with E-state index in [9.17, 15) is 8.42 Å². The molecule has 3 nitrogen and oxygen atoms in total. The van der Waals surface area contributed by atoms with Crippen LogP contribution >= 0.6 is 0 Å². The van der Waals surface area contributed by atoms with Gasteiger partial charge in [-0.3, -0.25) is 0 Å². The average molecular weight is 368 g/mol. The molecule has 0 aliphatic carbocycles. The van der Waals surface area contributed by atoms with Gasteiger partial charge in [0.25, 0.3) is 0 Å². The summed E-state index contributed by atoms with van der Waals surface area (Å²) < 4.78 is 27.1. The van der Waals surface area contributed by atoms with E-state index in [4.69, 9.17) is 0 Å². The van der Waals surface area contributed by atoms with Gasteiger partial charge in [0.15, 0.2) is 0 Å². The van der Waals surface area contributed by atoms with Gasteiger partial charge in [-0.25, -0.2) is 8.42 Å². The van der Waals surface area contributed by atoms with Crippen molar-refractivity contribution in [1.82, 2.24) is 4.31 Å². The van der Waals surface area contributed by atoms with E-state index in [1.807, 2.05) is 43.3 Å². The first-order chi connectivity index (χ1) is 12.6. The van der Waals surface area contributed by atoms with Crippen LogP contribution in [0.1, 0.15) is 24.0 Å². The standard InChI is InChI=1S/C22H25NO2S/c1-19-11-13-22(14-12-19)26(24,25)23-17-15-21(16-18-23)10-6-5-9-20-7-3-2-4-8-20/h2-14,21H,15-18H2,1H3/b9-5+,10-6+. The Balaban J connectivity index is 1.54. The summed E-state index contributed by atoms with van der Waals surface area (Å²) in [5, 5.41) is 0. The summed E-state index contributed by atoms with van der Waals surface area (Å²) in [4.78, 5) is 0.392. The van der Waals surface area contributed by atoms with Crippen molar-refractivity contribution in [1.29, 1.82) is 0 Å². The Kier molecular flexibility index (Phi) is 6.07. The number of nitrogens with zero attached hydrogens (tertiary/aromatic N) is 1. The molecule has 4 heteroatoms. The lowest BCUT2D eigenvalue weighted by atomic mass is 9.98. The second-order valence-corrected chi connectivity index (χ2v) is 8.65. The molecule has 136 valence electrons. The molecular weight excluding hydrogens is 342 g/mol. The summed E-state index contributed by atoms with van der Waals surface area (Å²) in [5.41, 5.74) is 2.24. The summed E-state index contributed by atoms with van der Waals surface area (Å²) in [6.07, 6.45) is 10.1. The van der Waals surface area contributed by atoms with Gasteiger partial charge in [-0.05, 0) is 43.4 Å². The Morgan fingerprint density at radius 2 is 1.58 bits per heavy atom. The highest BCUT2D eigenvalue weighted by Gasteiger charge is 2.28. The van der Waals surface area contributed by atoms with Crippen molar-refractivity contribution < 1.29 is 8.42 Å². The van der Waals surface area contributed by atoms with Gasteiger partial charge < -0.3 is 0 Å². The molecule has 0 aromatic heterocycles. The van der Waals surface area contributed by atoms with Crippen LogP contribution < -0.4 is 0 Å². The van der Waals surface area contributed by atoms with Crippen LogP contribution in [0.3, 0.4) is 0 Å². The molecule has 0 radical (unpaired) electrons. The van der Waals surface area contributed by atoms with E-state index in [2.05, 4.69) is 30.4 Å². The molecule has 0 amide bonds. The molecule has 26 heavy (non-hydrogen) atoms. The SMILES string of the molecule is Cc1ccc(S(=O)(=O)N2CCC(/C=C/C=C/c3ccccc3)CC2)cc1. The summed E-state index contributed by atoms with van der Waals surface area (Å²) in [5.74, 6) is 0.430. The highest BCUT2D eigenvalue weighted by Crippen LogP contribution is 2.24. The van der Waals surface area contributed by atoms with Crippen LogP contribution in [0.15, 0.2) is 77.7 Å². The molecule has 0 spiro atoms. The molecule has 1 heterocycles. The number of aryl methyl sites for hydroxylation is 1. The number of piperidine rings is 1. The van der Waals surface area contributed by atoms with Crippen LogP contribution in [0, 0.1) is 12.8 Å². The third-order valence-electron chi connectivity index (χ3n) is 4.74. The molecule has 0 unspecified atom stereocenters. The zero-order valence-corrected chi connectivity index (χ0v) is 15.9. The van der Waals surface area contributed by atoms with Crippen molar-refractivity contribution in [2.24, 2.45) is 5.92 Å². The number of allylic oxidation sites excluding steroid dienone is 3. The second kappa shape index (κ2) is 8.47. The summed E-state index contributed by atoms with van der Waals surface area (Å²) >= 11 is 0. The largest absolute Gasteiger partial charge is 0.243 e. The average Bonchev–Trinajstić information content (AvgIpc) is 2.67. The van der Waals surface area contributed by atoms with Crippen LogP contribution in [0.25, 0.3) is 6.08 Å². The van der Waals surface area contributed by atoms with Crippen LogP contribution in [0.4, 0.5) is 0 Å². The minimum absolute atomic E-state index is 0.392. The molecule has 0 bridgehead atoms. The minimum Gasteiger partial charge on any atom is -0.207 e. The van der Waals surface area contributed by atoms with E-state index in [-0.39, 0.29) is 0 Å². The normalized spacial score (nSPS) is 17.3.